The zero-order chi connectivity index (χ0) is 20.5. The second kappa shape index (κ2) is 8.11. The van der Waals surface area contributed by atoms with Gasteiger partial charge in [-0.2, -0.15) is 4.68 Å². The standard InChI is InChI=1S/C20H26N8O2/c1-29-13-16-12-27(24-21-16)18-8-14-10-26(11-15(14)9-19(18)30-2)20-22-23-25-28(20)17-6-4-3-5-7-17/h3-7,12,14-15,18-19H,8-11,13H2,1-2H3/t14-,15+,18-,19-/m1/s1. The maximum Gasteiger partial charge on any atom is 0.250 e. The summed E-state index contributed by atoms with van der Waals surface area (Å²) >= 11 is 0. The van der Waals surface area contributed by atoms with E-state index in [0.29, 0.717) is 18.4 Å². The highest BCUT2D eigenvalue weighted by atomic mass is 16.5. The molecule has 1 aromatic carbocycles. The van der Waals surface area contributed by atoms with Crippen LogP contribution in [0.5, 0.6) is 0 Å². The fourth-order valence-electron chi connectivity index (χ4n) is 4.89. The van der Waals surface area contributed by atoms with E-state index in [1.165, 1.54) is 0 Å². The topological polar surface area (TPSA) is 96.0 Å². The van der Waals surface area contributed by atoms with Gasteiger partial charge < -0.3 is 14.4 Å². The lowest BCUT2D eigenvalue weighted by Crippen LogP contribution is -2.37. The smallest absolute Gasteiger partial charge is 0.250 e. The van der Waals surface area contributed by atoms with Crippen molar-refractivity contribution in [3.63, 3.8) is 0 Å². The minimum Gasteiger partial charge on any atom is -0.379 e. The van der Waals surface area contributed by atoms with Crippen molar-refractivity contribution in [3.05, 3.63) is 42.2 Å². The van der Waals surface area contributed by atoms with Crippen molar-refractivity contribution in [1.29, 1.82) is 0 Å². The molecule has 3 heterocycles. The van der Waals surface area contributed by atoms with Crippen molar-refractivity contribution in [2.45, 2.75) is 31.6 Å². The fraction of sp³-hybridized carbons (Fsp3) is 0.550. The zero-order valence-corrected chi connectivity index (χ0v) is 17.2. The Morgan fingerprint density at radius 1 is 1.00 bits per heavy atom. The Kier molecular flexibility index (Phi) is 5.17. The molecule has 2 aromatic heterocycles. The molecule has 0 N–H and O–H groups in total. The lowest BCUT2D eigenvalue weighted by molar-refractivity contribution is -0.00544. The Balaban J connectivity index is 1.35. The van der Waals surface area contributed by atoms with Crippen LogP contribution in [0.3, 0.4) is 0 Å². The van der Waals surface area contributed by atoms with Crippen LogP contribution in [0.25, 0.3) is 5.69 Å². The van der Waals surface area contributed by atoms with E-state index in [0.717, 1.165) is 43.3 Å². The van der Waals surface area contributed by atoms with Gasteiger partial charge in [-0.25, -0.2) is 4.68 Å². The maximum atomic E-state index is 5.87. The Morgan fingerprint density at radius 3 is 2.57 bits per heavy atom. The summed E-state index contributed by atoms with van der Waals surface area (Å²) in [5, 5.41) is 21.1. The van der Waals surface area contributed by atoms with Gasteiger partial charge in [0.25, 0.3) is 0 Å². The quantitative estimate of drug-likeness (QED) is 0.603. The first-order valence-corrected chi connectivity index (χ1v) is 10.3. The minimum atomic E-state index is 0.105. The Bertz CT molecular complexity index is 974. The highest BCUT2D eigenvalue weighted by Gasteiger charge is 2.44. The lowest BCUT2D eigenvalue weighted by atomic mass is 9.77. The number of tetrazole rings is 1. The largest absolute Gasteiger partial charge is 0.379 e. The number of aromatic nitrogens is 7. The van der Waals surface area contributed by atoms with Crippen molar-refractivity contribution < 1.29 is 9.47 Å². The Labute approximate surface area is 174 Å². The predicted octanol–water partition coefficient (Wildman–Crippen LogP) is 1.50. The molecule has 0 spiro atoms. The molecule has 0 radical (unpaired) electrons. The number of anilines is 1. The van der Waals surface area contributed by atoms with Crippen LogP contribution in [0.4, 0.5) is 5.95 Å². The molecule has 4 atom stereocenters. The highest BCUT2D eigenvalue weighted by Crippen LogP contribution is 2.43. The van der Waals surface area contributed by atoms with Crippen LogP contribution in [-0.2, 0) is 16.1 Å². The third-order valence-corrected chi connectivity index (χ3v) is 6.31. The molecular weight excluding hydrogens is 384 g/mol. The SMILES string of the molecule is COCc1cn([C@@H]2C[C@@H]3CN(c4nnnn4-c4ccccc4)C[C@@H]3C[C@H]2OC)nn1. The van der Waals surface area contributed by atoms with Gasteiger partial charge in [0, 0.05) is 27.3 Å². The molecule has 10 nitrogen and oxygen atoms in total. The first-order chi connectivity index (χ1) is 14.8. The average Bonchev–Trinajstić information content (AvgIpc) is 3.52. The van der Waals surface area contributed by atoms with Crippen LogP contribution in [0, 0.1) is 11.8 Å². The van der Waals surface area contributed by atoms with Crippen molar-refractivity contribution in [2.75, 3.05) is 32.2 Å². The van der Waals surface area contributed by atoms with Gasteiger partial charge in [-0.1, -0.05) is 28.5 Å². The summed E-state index contributed by atoms with van der Waals surface area (Å²) in [7, 11) is 3.45. The summed E-state index contributed by atoms with van der Waals surface area (Å²) in [5.74, 6) is 1.86. The fourth-order valence-corrected chi connectivity index (χ4v) is 4.89. The monoisotopic (exact) mass is 410 g/mol. The number of fused-ring (bicyclic) bond motifs is 1. The third kappa shape index (κ3) is 3.46. The second-order valence-electron chi connectivity index (χ2n) is 8.09. The van der Waals surface area contributed by atoms with E-state index < -0.39 is 0 Å². The van der Waals surface area contributed by atoms with Gasteiger partial charge in [-0.05, 0) is 47.2 Å². The summed E-state index contributed by atoms with van der Waals surface area (Å²) in [5.41, 5.74) is 1.80. The first-order valence-electron chi connectivity index (χ1n) is 10.3. The summed E-state index contributed by atoms with van der Waals surface area (Å²) in [6.07, 6.45) is 4.05. The number of para-hydroxylation sites is 1. The average molecular weight is 410 g/mol. The van der Waals surface area contributed by atoms with Gasteiger partial charge in [-0.15, -0.1) is 5.10 Å². The molecule has 10 heteroatoms. The summed E-state index contributed by atoms with van der Waals surface area (Å²) in [4.78, 5) is 2.30. The molecular formula is C20H26N8O2. The van der Waals surface area contributed by atoms with Gasteiger partial charge in [0.15, 0.2) is 0 Å². The number of methoxy groups -OCH3 is 2. The van der Waals surface area contributed by atoms with E-state index >= 15 is 0 Å². The molecule has 0 amide bonds. The van der Waals surface area contributed by atoms with Crippen molar-refractivity contribution in [1.82, 2.24) is 35.2 Å². The maximum absolute atomic E-state index is 5.87. The van der Waals surface area contributed by atoms with Crippen LogP contribution in [-0.4, -0.2) is 68.6 Å². The molecule has 1 saturated heterocycles. The molecule has 1 aliphatic carbocycles. The first kappa shape index (κ1) is 19.1. The minimum absolute atomic E-state index is 0.105. The second-order valence-corrected chi connectivity index (χ2v) is 8.09. The van der Waals surface area contributed by atoms with E-state index in [1.807, 2.05) is 45.9 Å². The van der Waals surface area contributed by atoms with E-state index in [9.17, 15) is 0 Å². The van der Waals surface area contributed by atoms with Crippen LogP contribution >= 0.6 is 0 Å². The molecule has 158 valence electrons. The van der Waals surface area contributed by atoms with Crippen molar-refractivity contribution >= 4 is 5.95 Å². The highest BCUT2D eigenvalue weighted by molar-refractivity contribution is 5.41. The molecule has 0 bridgehead atoms. The van der Waals surface area contributed by atoms with Gasteiger partial charge in [0.1, 0.15) is 5.69 Å². The molecule has 2 aliphatic rings. The third-order valence-electron chi connectivity index (χ3n) is 6.31. The normalized spacial score (nSPS) is 26.1. The molecule has 1 saturated carbocycles. The van der Waals surface area contributed by atoms with Crippen LogP contribution in [0.1, 0.15) is 24.6 Å². The number of nitrogens with zero attached hydrogens (tertiary/aromatic N) is 8. The van der Waals surface area contributed by atoms with E-state index in [-0.39, 0.29) is 12.1 Å². The number of rotatable bonds is 6. The molecule has 1 aliphatic heterocycles. The zero-order valence-electron chi connectivity index (χ0n) is 17.2. The number of benzene rings is 1. The molecule has 2 fully saturated rings. The van der Waals surface area contributed by atoms with Crippen molar-refractivity contribution in [2.24, 2.45) is 11.8 Å². The number of hydrogen-bond donors (Lipinski definition) is 0. The molecule has 3 aromatic rings. The van der Waals surface area contributed by atoms with Crippen LogP contribution < -0.4 is 4.90 Å². The summed E-state index contributed by atoms with van der Waals surface area (Å²) in [6, 6.07) is 10.2. The van der Waals surface area contributed by atoms with Gasteiger partial charge in [0.05, 0.1) is 30.6 Å². The molecule has 30 heavy (non-hydrogen) atoms. The Hall–Kier alpha value is -2.85. The predicted molar refractivity (Wildman–Crippen MR) is 108 cm³/mol. The van der Waals surface area contributed by atoms with E-state index in [1.54, 1.807) is 14.2 Å². The van der Waals surface area contributed by atoms with Crippen LogP contribution in [0.2, 0.25) is 0 Å². The van der Waals surface area contributed by atoms with Gasteiger partial charge in [0.2, 0.25) is 5.95 Å². The van der Waals surface area contributed by atoms with Crippen molar-refractivity contribution in [3.8, 4) is 5.69 Å². The number of hydrogen-bond acceptors (Lipinski definition) is 8. The molecule has 5 rings (SSSR count). The number of ether oxygens (including phenoxy) is 2. The van der Waals surface area contributed by atoms with Gasteiger partial charge in [-0.3, -0.25) is 0 Å². The van der Waals surface area contributed by atoms with E-state index in [2.05, 4.69) is 30.7 Å². The lowest BCUT2D eigenvalue weighted by Gasteiger charge is -2.36. The summed E-state index contributed by atoms with van der Waals surface area (Å²) in [6.45, 7) is 2.31. The van der Waals surface area contributed by atoms with E-state index in [4.69, 9.17) is 9.47 Å². The Morgan fingerprint density at radius 2 is 1.80 bits per heavy atom. The van der Waals surface area contributed by atoms with Gasteiger partial charge >= 0.3 is 0 Å². The summed E-state index contributed by atoms with van der Waals surface area (Å²) < 4.78 is 14.8. The molecule has 0 unspecified atom stereocenters. The van der Waals surface area contributed by atoms with Crippen LogP contribution in [0.15, 0.2) is 36.5 Å².